The standard InChI is InChI=1S/C16H21BrFN3/c1-3-8-19-16(7-4-12-10-20-21(2)11-12)14-9-13(18)5-6-15(14)17/h5-6,9-11,16,19H,3-4,7-8H2,1-2H3. The fourth-order valence-corrected chi connectivity index (χ4v) is 2.90. The first-order chi connectivity index (χ1) is 10.1. The van der Waals surface area contributed by atoms with Crippen LogP contribution in [0.3, 0.4) is 0 Å². The van der Waals surface area contributed by atoms with Crippen LogP contribution >= 0.6 is 15.9 Å². The van der Waals surface area contributed by atoms with Crippen LogP contribution in [0.5, 0.6) is 0 Å². The van der Waals surface area contributed by atoms with E-state index >= 15 is 0 Å². The highest BCUT2D eigenvalue weighted by atomic mass is 79.9. The van der Waals surface area contributed by atoms with Gasteiger partial charge in [0, 0.05) is 23.8 Å². The van der Waals surface area contributed by atoms with E-state index in [-0.39, 0.29) is 11.9 Å². The first-order valence-corrected chi connectivity index (χ1v) is 8.05. The monoisotopic (exact) mass is 353 g/mol. The molecular weight excluding hydrogens is 333 g/mol. The van der Waals surface area contributed by atoms with Gasteiger partial charge in [-0.3, -0.25) is 4.68 Å². The van der Waals surface area contributed by atoms with E-state index in [2.05, 4.69) is 33.3 Å². The Bertz CT molecular complexity index is 583. The number of aromatic nitrogens is 2. The molecule has 0 saturated heterocycles. The largest absolute Gasteiger partial charge is 0.310 e. The number of hydrogen-bond acceptors (Lipinski definition) is 2. The number of nitrogens with one attached hydrogen (secondary N) is 1. The second-order valence-corrected chi connectivity index (χ2v) is 6.09. The molecule has 0 saturated carbocycles. The normalized spacial score (nSPS) is 12.6. The summed E-state index contributed by atoms with van der Waals surface area (Å²) in [6.45, 7) is 3.05. The average molecular weight is 354 g/mol. The van der Waals surface area contributed by atoms with Gasteiger partial charge in [-0.05, 0) is 55.1 Å². The molecule has 0 bridgehead atoms. The third-order valence-corrected chi connectivity index (χ3v) is 4.18. The van der Waals surface area contributed by atoms with Gasteiger partial charge in [0.25, 0.3) is 0 Å². The molecular formula is C16H21BrFN3. The van der Waals surface area contributed by atoms with Crippen molar-refractivity contribution in [2.45, 2.75) is 32.2 Å². The van der Waals surface area contributed by atoms with E-state index in [9.17, 15) is 4.39 Å². The summed E-state index contributed by atoms with van der Waals surface area (Å²) in [5, 5.41) is 7.70. The lowest BCUT2D eigenvalue weighted by molar-refractivity contribution is 0.494. The first-order valence-electron chi connectivity index (χ1n) is 7.26. The zero-order valence-electron chi connectivity index (χ0n) is 12.4. The minimum Gasteiger partial charge on any atom is -0.310 e. The lowest BCUT2D eigenvalue weighted by Gasteiger charge is -2.20. The molecule has 2 aromatic rings. The van der Waals surface area contributed by atoms with Gasteiger partial charge in [0.05, 0.1) is 6.20 Å². The van der Waals surface area contributed by atoms with Crippen LogP contribution in [0.2, 0.25) is 0 Å². The molecule has 1 unspecified atom stereocenters. The molecule has 0 spiro atoms. The van der Waals surface area contributed by atoms with E-state index in [0.29, 0.717) is 0 Å². The van der Waals surface area contributed by atoms with Crippen molar-refractivity contribution in [2.75, 3.05) is 6.54 Å². The Kier molecular flexibility index (Phi) is 5.94. The van der Waals surface area contributed by atoms with Gasteiger partial charge in [-0.2, -0.15) is 5.10 Å². The molecule has 0 aliphatic rings. The van der Waals surface area contributed by atoms with Crippen LogP contribution < -0.4 is 5.32 Å². The van der Waals surface area contributed by atoms with Crippen LogP contribution in [-0.4, -0.2) is 16.3 Å². The topological polar surface area (TPSA) is 29.9 Å². The molecule has 1 N–H and O–H groups in total. The predicted molar refractivity (Wildman–Crippen MR) is 86.7 cm³/mol. The molecule has 2 rings (SSSR count). The number of hydrogen-bond donors (Lipinski definition) is 1. The van der Waals surface area contributed by atoms with Gasteiger partial charge in [-0.1, -0.05) is 22.9 Å². The number of aryl methyl sites for hydroxylation is 2. The number of rotatable bonds is 7. The highest BCUT2D eigenvalue weighted by molar-refractivity contribution is 9.10. The van der Waals surface area contributed by atoms with E-state index in [1.54, 1.807) is 12.1 Å². The van der Waals surface area contributed by atoms with Crippen molar-refractivity contribution in [3.63, 3.8) is 0 Å². The van der Waals surface area contributed by atoms with E-state index in [1.807, 2.05) is 24.1 Å². The van der Waals surface area contributed by atoms with Crippen LogP contribution in [0.1, 0.15) is 36.9 Å². The van der Waals surface area contributed by atoms with Crippen molar-refractivity contribution in [1.29, 1.82) is 0 Å². The van der Waals surface area contributed by atoms with Crippen LogP contribution in [0.4, 0.5) is 4.39 Å². The lowest BCUT2D eigenvalue weighted by atomic mass is 10.00. The van der Waals surface area contributed by atoms with Gasteiger partial charge in [0.2, 0.25) is 0 Å². The van der Waals surface area contributed by atoms with Gasteiger partial charge in [-0.15, -0.1) is 0 Å². The lowest BCUT2D eigenvalue weighted by Crippen LogP contribution is -2.23. The molecule has 1 aromatic heterocycles. The van der Waals surface area contributed by atoms with Crippen LogP contribution in [0, 0.1) is 5.82 Å². The highest BCUT2D eigenvalue weighted by Crippen LogP contribution is 2.27. The molecule has 0 aliphatic heterocycles. The molecule has 1 aromatic carbocycles. The predicted octanol–water partition coefficient (Wildman–Crippen LogP) is 4.00. The van der Waals surface area contributed by atoms with Gasteiger partial charge >= 0.3 is 0 Å². The Morgan fingerprint density at radius 2 is 2.24 bits per heavy atom. The average Bonchev–Trinajstić information content (AvgIpc) is 2.88. The summed E-state index contributed by atoms with van der Waals surface area (Å²) in [6.07, 6.45) is 6.79. The third-order valence-electron chi connectivity index (χ3n) is 3.45. The van der Waals surface area contributed by atoms with Gasteiger partial charge in [-0.25, -0.2) is 4.39 Å². The summed E-state index contributed by atoms with van der Waals surface area (Å²) < 4.78 is 16.3. The van der Waals surface area contributed by atoms with Crippen LogP contribution in [0.25, 0.3) is 0 Å². The summed E-state index contributed by atoms with van der Waals surface area (Å²) in [5.74, 6) is -0.196. The molecule has 0 aliphatic carbocycles. The fourth-order valence-electron chi connectivity index (χ4n) is 2.38. The summed E-state index contributed by atoms with van der Waals surface area (Å²) in [6, 6.07) is 5.00. The zero-order chi connectivity index (χ0) is 15.2. The van der Waals surface area contributed by atoms with E-state index in [4.69, 9.17) is 0 Å². The second-order valence-electron chi connectivity index (χ2n) is 5.23. The van der Waals surface area contributed by atoms with Gasteiger partial charge in [0.15, 0.2) is 0 Å². The van der Waals surface area contributed by atoms with Crippen molar-refractivity contribution in [3.05, 3.63) is 52.0 Å². The number of benzene rings is 1. The molecule has 0 amide bonds. The molecule has 114 valence electrons. The first kappa shape index (κ1) is 16.2. The Hall–Kier alpha value is -1.20. The van der Waals surface area contributed by atoms with Crippen molar-refractivity contribution in [1.82, 2.24) is 15.1 Å². The van der Waals surface area contributed by atoms with Crippen LogP contribution in [0.15, 0.2) is 35.1 Å². The quantitative estimate of drug-likeness (QED) is 0.815. The molecule has 21 heavy (non-hydrogen) atoms. The van der Waals surface area contributed by atoms with Crippen molar-refractivity contribution in [3.8, 4) is 0 Å². The molecule has 5 heteroatoms. The van der Waals surface area contributed by atoms with Crippen LogP contribution in [-0.2, 0) is 13.5 Å². The Morgan fingerprint density at radius 3 is 2.90 bits per heavy atom. The van der Waals surface area contributed by atoms with Crippen molar-refractivity contribution >= 4 is 15.9 Å². The van der Waals surface area contributed by atoms with Gasteiger partial charge in [0.1, 0.15) is 5.82 Å². The summed E-state index contributed by atoms with van der Waals surface area (Å²) in [5.41, 5.74) is 2.18. The third kappa shape index (κ3) is 4.64. The summed E-state index contributed by atoms with van der Waals surface area (Å²) in [7, 11) is 1.92. The Balaban J connectivity index is 2.11. The van der Waals surface area contributed by atoms with E-state index in [0.717, 1.165) is 35.8 Å². The highest BCUT2D eigenvalue weighted by Gasteiger charge is 2.15. The molecule has 1 heterocycles. The second kappa shape index (κ2) is 7.71. The van der Waals surface area contributed by atoms with Crippen molar-refractivity contribution in [2.24, 2.45) is 7.05 Å². The maximum absolute atomic E-state index is 13.5. The molecule has 0 radical (unpaired) electrons. The smallest absolute Gasteiger partial charge is 0.123 e. The van der Waals surface area contributed by atoms with E-state index in [1.165, 1.54) is 11.6 Å². The van der Waals surface area contributed by atoms with Gasteiger partial charge < -0.3 is 5.32 Å². The fraction of sp³-hybridized carbons (Fsp3) is 0.438. The maximum Gasteiger partial charge on any atom is 0.123 e. The summed E-state index contributed by atoms with van der Waals surface area (Å²) in [4.78, 5) is 0. The minimum absolute atomic E-state index is 0.134. The molecule has 1 atom stereocenters. The number of halogens is 2. The number of nitrogens with zero attached hydrogens (tertiary/aromatic N) is 2. The van der Waals surface area contributed by atoms with E-state index < -0.39 is 0 Å². The van der Waals surface area contributed by atoms with Crippen molar-refractivity contribution < 1.29 is 4.39 Å². The molecule has 0 fully saturated rings. The molecule has 3 nitrogen and oxygen atoms in total. The SMILES string of the molecule is CCCNC(CCc1cnn(C)c1)c1cc(F)ccc1Br. The minimum atomic E-state index is -0.196. The Labute approximate surface area is 133 Å². The zero-order valence-corrected chi connectivity index (χ0v) is 14.0. The maximum atomic E-state index is 13.5. The summed E-state index contributed by atoms with van der Waals surface area (Å²) >= 11 is 3.53. The Morgan fingerprint density at radius 1 is 1.43 bits per heavy atom.